The van der Waals surface area contributed by atoms with E-state index >= 15 is 0 Å². The molecule has 3 nitrogen and oxygen atoms in total. The quantitative estimate of drug-likeness (QED) is 0.807. The molecule has 0 N–H and O–H groups in total. The van der Waals surface area contributed by atoms with Gasteiger partial charge in [-0.1, -0.05) is 6.07 Å². The van der Waals surface area contributed by atoms with Crippen LogP contribution < -0.4 is 0 Å². The second kappa shape index (κ2) is 4.74. The third-order valence-corrected chi connectivity index (χ3v) is 4.83. The van der Waals surface area contributed by atoms with Crippen LogP contribution in [0.2, 0.25) is 0 Å². The van der Waals surface area contributed by atoms with Gasteiger partial charge >= 0.3 is 0 Å². The van der Waals surface area contributed by atoms with Crippen LogP contribution in [0.5, 0.6) is 0 Å². The van der Waals surface area contributed by atoms with Gasteiger partial charge in [0.15, 0.2) is 0 Å². The Morgan fingerprint density at radius 2 is 2.30 bits per heavy atom. The average Bonchev–Trinajstić information content (AvgIpc) is 3.11. The number of nitrogens with zero attached hydrogens (tertiary/aromatic N) is 2. The van der Waals surface area contributed by atoms with Crippen molar-refractivity contribution in [3.63, 3.8) is 0 Å². The molecule has 3 atom stereocenters. The average molecular weight is 291 g/mol. The summed E-state index contributed by atoms with van der Waals surface area (Å²) in [5, 5.41) is 0. The normalized spacial score (nSPS) is 28.6. The highest BCUT2D eigenvalue weighted by molar-refractivity contribution is 6.17. The first-order chi connectivity index (χ1) is 9.76. The second-order valence-electron chi connectivity index (χ2n) is 6.01. The zero-order valence-electron chi connectivity index (χ0n) is 11.7. The first-order valence-corrected chi connectivity index (χ1v) is 7.98. The molecule has 106 valence electrons. The van der Waals surface area contributed by atoms with Gasteiger partial charge in [0, 0.05) is 12.3 Å². The third-order valence-electron chi connectivity index (χ3n) is 4.64. The van der Waals surface area contributed by atoms with Crippen LogP contribution in [0.4, 0.5) is 0 Å². The van der Waals surface area contributed by atoms with E-state index in [0.717, 1.165) is 24.2 Å². The van der Waals surface area contributed by atoms with Crippen molar-refractivity contribution in [2.75, 3.05) is 5.88 Å². The molecule has 0 radical (unpaired) electrons. The maximum absolute atomic E-state index is 6.03. The van der Waals surface area contributed by atoms with Crippen LogP contribution in [0.15, 0.2) is 18.2 Å². The zero-order chi connectivity index (χ0) is 13.7. The van der Waals surface area contributed by atoms with E-state index in [0.29, 0.717) is 24.1 Å². The van der Waals surface area contributed by atoms with Gasteiger partial charge in [-0.15, -0.1) is 11.6 Å². The fourth-order valence-corrected chi connectivity index (χ4v) is 3.94. The molecule has 2 aliphatic rings. The monoisotopic (exact) mass is 290 g/mol. The molecule has 3 heterocycles. The SMILES string of the molecule is Cc1ccc2c(c1)nc(CCCl)n2C1CC2CCC1O2. The predicted octanol–water partition coefficient (Wildman–Crippen LogP) is 3.62. The lowest BCUT2D eigenvalue weighted by atomic mass is 9.95. The Hall–Kier alpha value is -1.06. The number of aryl methyl sites for hydroxylation is 2. The van der Waals surface area contributed by atoms with E-state index in [-0.39, 0.29) is 0 Å². The summed E-state index contributed by atoms with van der Waals surface area (Å²) in [6.45, 7) is 2.11. The fraction of sp³-hybridized carbons (Fsp3) is 0.562. The van der Waals surface area contributed by atoms with Crippen molar-refractivity contribution in [2.45, 2.75) is 50.9 Å². The minimum atomic E-state index is 0.368. The maximum atomic E-state index is 6.03. The van der Waals surface area contributed by atoms with E-state index in [1.54, 1.807) is 0 Å². The molecular weight excluding hydrogens is 272 g/mol. The number of aromatic nitrogens is 2. The van der Waals surface area contributed by atoms with Crippen molar-refractivity contribution < 1.29 is 4.74 Å². The summed E-state index contributed by atoms with van der Waals surface area (Å²) in [5.74, 6) is 1.73. The minimum Gasteiger partial charge on any atom is -0.373 e. The van der Waals surface area contributed by atoms with Crippen molar-refractivity contribution in [3.05, 3.63) is 29.6 Å². The molecule has 20 heavy (non-hydrogen) atoms. The molecule has 3 unspecified atom stereocenters. The molecule has 0 saturated carbocycles. The summed E-state index contributed by atoms with van der Waals surface area (Å²) in [4.78, 5) is 4.81. The van der Waals surface area contributed by atoms with Gasteiger partial charge in [-0.05, 0) is 43.9 Å². The number of hydrogen-bond donors (Lipinski definition) is 0. The topological polar surface area (TPSA) is 27.1 Å². The van der Waals surface area contributed by atoms with Gasteiger partial charge in [-0.25, -0.2) is 4.98 Å². The van der Waals surface area contributed by atoms with Crippen LogP contribution in [-0.4, -0.2) is 27.6 Å². The molecule has 2 saturated heterocycles. The van der Waals surface area contributed by atoms with Crippen molar-refractivity contribution in [1.82, 2.24) is 9.55 Å². The number of imidazole rings is 1. The van der Waals surface area contributed by atoms with E-state index < -0.39 is 0 Å². The van der Waals surface area contributed by atoms with Gasteiger partial charge in [-0.2, -0.15) is 0 Å². The number of hydrogen-bond acceptors (Lipinski definition) is 2. The van der Waals surface area contributed by atoms with Crippen molar-refractivity contribution in [1.29, 1.82) is 0 Å². The molecule has 2 bridgehead atoms. The highest BCUT2D eigenvalue weighted by Gasteiger charge is 2.42. The number of rotatable bonds is 3. The summed E-state index contributed by atoms with van der Waals surface area (Å²) in [7, 11) is 0. The molecule has 0 aliphatic carbocycles. The Balaban J connectivity index is 1.85. The lowest BCUT2D eigenvalue weighted by molar-refractivity contribution is 0.0940. The summed E-state index contributed by atoms with van der Waals surface area (Å²) >= 11 is 5.97. The van der Waals surface area contributed by atoms with Crippen LogP contribution in [0.25, 0.3) is 11.0 Å². The fourth-order valence-electron chi connectivity index (χ4n) is 3.77. The Morgan fingerprint density at radius 3 is 3.00 bits per heavy atom. The number of fused-ring (bicyclic) bond motifs is 3. The molecular formula is C16H19ClN2O. The Bertz CT molecular complexity index is 651. The van der Waals surface area contributed by atoms with E-state index in [1.807, 2.05) is 0 Å². The zero-order valence-corrected chi connectivity index (χ0v) is 12.4. The number of alkyl halides is 1. The molecule has 4 heteroatoms. The molecule has 1 aromatic heterocycles. The molecule has 0 amide bonds. The Kier molecular flexibility index (Phi) is 3.00. The molecule has 2 aromatic rings. The minimum absolute atomic E-state index is 0.368. The van der Waals surface area contributed by atoms with E-state index in [2.05, 4.69) is 29.7 Å². The first kappa shape index (κ1) is 12.7. The maximum Gasteiger partial charge on any atom is 0.111 e. The van der Waals surface area contributed by atoms with Gasteiger partial charge in [0.1, 0.15) is 5.82 Å². The van der Waals surface area contributed by atoms with E-state index in [1.165, 1.54) is 23.9 Å². The summed E-state index contributed by atoms with van der Waals surface area (Å²) < 4.78 is 8.44. The Morgan fingerprint density at radius 1 is 1.40 bits per heavy atom. The van der Waals surface area contributed by atoms with Crippen molar-refractivity contribution in [2.24, 2.45) is 0 Å². The van der Waals surface area contributed by atoms with Crippen molar-refractivity contribution in [3.8, 4) is 0 Å². The van der Waals surface area contributed by atoms with Gasteiger partial charge in [0.25, 0.3) is 0 Å². The number of ether oxygens (including phenoxy) is 1. The summed E-state index contributed by atoms with van der Waals surface area (Å²) in [5.41, 5.74) is 3.58. The van der Waals surface area contributed by atoms with Crippen LogP contribution in [0.3, 0.4) is 0 Å². The molecule has 4 rings (SSSR count). The second-order valence-corrected chi connectivity index (χ2v) is 6.38. The standard InChI is InChI=1S/C16H19ClN2O/c1-10-2-4-13-12(8-10)18-16(6-7-17)19(13)14-9-11-3-5-15(14)20-11/h2,4,8,11,14-15H,3,5-7,9H2,1H3. The molecule has 0 spiro atoms. The highest BCUT2D eigenvalue weighted by Crippen LogP contribution is 2.43. The summed E-state index contributed by atoms with van der Waals surface area (Å²) in [6.07, 6.45) is 5.17. The molecule has 1 aromatic carbocycles. The number of benzene rings is 1. The Labute approximate surface area is 123 Å². The van der Waals surface area contributed by atoms with Crippen molar-refractivity contribution >= 4 is 22.6 Å². The smallest absolute Gasteiger partial charge is 0.111 e. The van der Waals surface area contributed by atoms with Gasteiger partial charge in [0.2, 0.25) is 0 Å². The highest BCUT2D eigenvalue weighted by atomic mass is 35.5. The van der Waals surface area contributed by atoms with Crippen LogP contribution in [0.1, 0.15) is 36.7 Å². The van der Waals surface area contributed by atoms with Gasteiger partial charge < -0.3 is 9.30 Å². The van der Waals surface area contributed by atoms with E-state index in [9.17, 15) is 0 Å². The van der Waals surface area contributed by atoms with Crippen LogP contribution in [-0.2, 0) is 11.2 Å². The summed E-state index contributed by atoms with van der Waals surface area (Å²) in [6, 6.07) is 6.97. The lowest BCUT2D eigenvalue weighted by Gasteiger charge is -2.23. The van der Waals surface area contributed by atoms with E-state index in [4.69, 9.17) is 21.3 Å². The molecule has 2 aliphatic heterocycles. The van der Waals surface area contributed by atoms with Crippen LogP contribution in [0, 0.1) is 6.92 Å². The first-order valence-electron chi connectivity index (χ1n) is 7.45. The van der Waals surface area contributed by atoms with Gasteiger partial charge in [-0.3, -0.25) is 0 Å². The van der Waals surface area contributed by atoms with Crippen LogP contribution >= 0.6 is 11.6 Å². The predicted molar refractivity (Wildman–Crippen MR) is 80.4 cm³/mol. The number of halogens is 1. The third kappa shape index (κ3) is 1.87. The van der Waals surface area contributed by atoms with Gasteiger partial charge in [0.05, 0.1) is 29.3 Å². The largest absolute Gasteiger partial charge is 0.373 e. The lowest BCUT2D eigenvalue weighted by Crippen LogP contribution is -2.22. The molecule has 2 fully saturated rings.